The van der Waals surface area contributed by atoms with E-state index in [0.29, 0.717) is 5.92 Å². The number of hydrogen-bond acceptors (Lipinski definition) is 2. The second-order valence-corrected chi connectivity index (χ2v) is 7.31. The summed E-state index contributed by atoms with van der Waals surface area (Å²) in [6.07, 6.45) is 7.00. The largest absolute Gasteiger partial charge is 0.458 e. The van der Waals surface area contributed by atoms with E-state index in [1.165, 1.54) is 16.7 Å². The third kappa shape index (κ3) is 3.14. The first-order valence-corrected chi connectivity index (χ1v) is 7.94. The molecule has 2 aliphatic carbocycles. The van der Waals surface area contributed by atoms with Crippen LogP contribution in [0.5, 0.6) is 0 Å². The third-order valence-electron chi connectivity index (χ3n) is 5.08. The van der Waals surface area contributed by atoms with E-state index in [-0.39, 0.29) is 23.4 Å². The zero-order valence-electron chi connectivity index (χ0n) is 14.0. The minimum atomic E-state index is -0.0216. The Labute approximate surface area is 129 Å². The van der Waals surface area contributed by atoms with Gasteiger partial charge in [-0.3, -0.25) is 4.79 Å². The summed E-state index contributed by atoms with van der Waals surface area (Å²) >= 11 is 0. The first-order chi connectivity index (χ1) is 9.78. The summed E-state index contributed by atoms with van der Waals surface area (Å²) in [5.41, 5.74) is 3.93. The molecule has 0 amide bonds. The van der Waals surface area contributed by atoms with Gasteiger partial charge in [0.2, 0.25) is 0 Å². The average Bonchev–Trinajstić information content (AvgIpc) is 2.73. The first-order valence-electron chi connectivity index (χ1n) is 7.94. The number of ether oxygens (including phenoxy) is 1. The maximum absolute atomic E-state index is 12.5. The van der Waals surface area contributed by atoms with Gasteiger partial charge in [0.15, 0.2) is 0 Å². The van der Waals surface area contributed by atoms with Crippen molar-refractivity contribution in [1.29, 1.82) is 0 Å². The van der Waals surface area contributed by atoms with Crippen molar-refractivity contribution in [3.8, 4) is 0 Å². The molecular formula is C19H28O2. The van der Waals surface area contributed by atoms with Gasteiger partial charge in [0, 0.05) is 0 Å². The van der Waals surface area contributed by atoms with Crippen LogP contribution in [-0.4, -0.2) is 12.1 Å². The summed E-state index contributed by atoms with van der Waals surface area (Å²) in [6.45, 7) is 14.4. The Hall–Kier alpha value is -1.31. The molecule has 0 aliphatic heterocycles. The Bertz CT molecular complexity index is 504. The predicted octanol–water partition coefficient (Wildman–Crippen LogP) is 4.82. The highest BCUT2D eigenvalue weighted by atomic mass is 16.5. The summed E-state index contributed by atoms with van der Waals surface area (Å²) in [6, 6.07) is 0. The van der Waals surface area contributed by atoms with E-state index >= 15 is 0 Å². The van der Waals surface area contributed by atoms with Crippen LogP contribution in [0.2, 0.25) is 0 Å². The van der Waals surface area contributed by atoms with Crippen molar-refractivity contribution in [1.82, 2.24) is 0 Å². The van der Waals surface area contributed by atoms with Crippen molar-refractivity contribution in [3.05, 3.63) is 35.5 Å². The van der Waals surface area contributed by atoms with Gasteiger partial charge < -0.3 is 4.74 Å². The fourth-order valence-electron chi connectivity index (χ4n) is 3.54. The van der Waals surface area contributed by atoms with Crippen LogP contribution >= 0.6 is 0 Å². The van der Waals surface area contributed by atoms with Crippen LogP contribution in [0.15, 0.2) is 35.5 Å². The van der Waals surface area contributed by atoms with Gasteiger partial charge in [0.25, 0.3) is 0 Å². The second kappa shape index (κ2) is 5.82. The van der Waals surface area contributed by atoms with Gasteiger partial charge >= 0.3 is 5.97 Å². The molecule has 116 valence electrons. The number of hydrogen-bond donors (Lipinski definition) is 0. The normalized spacial score (nSPS) is 30.0. The smallest absolute Gasteiger partial charge is 0.310 e. The van der Waals surface area contributed by atoms with Crippen LogP contribution in [0.25, 0.3) is 0 Å². The third-order valence-corrected chi connectivity index (χ3v) is 5.08. The quantitative estimate of drug-likeness (QED) is 0.535. The zero-order chi connectivity index (χ0) is 15.8. The lowest BCUT2D eigenvalue weighted by atomic mass is 10.1. The Morgan fingerprint density at radius 3 is 2.67 bits per heavy atom. The minimum Gasteiger partial charge on any atom is -0.458 e. The van der Waals surface area contributed by atoms with E-state index in [9.17, 15) is 4.79 Å². The Kier molecular flexibility index (Phi) is 4.46. The summed E-state index contributed by atoms with van der Waals surface area (Å²) in [5, 5.41) is 0. The van der Waals surface area contributed by atoms with Gasteiger partial charge in [-0.15, -0.1) is 6.58 Å². The molecule has 0 radical (unpaired) electrons. The molecule has 3 atom stereocenters. The van der Waals surface area contributed by atoms with E-state index in [1.807, 2.05) is 6.08 Å². The van der Waals surface area contributed by atoms with Crippen molar-refractivity contribution < 1.29 is 9.53 Å². The monoisotopic (exact) mass is 288 g/mol. The van der Waals surface area contributed by atoms with E-state index in [4.69, 9.17) is 4.74 Å². The second-order valence-electron chi connectivity index (χ2n) is 7.31. The number of esters is 1. The zero-order valence-corrected chi connectivity index (χ0v) is 14.0. The first kappa shape index (κ1) is 16.1. The lowest BCUT2D eigenvalue weighted by molar-refractivity contribution is -0.149. The highest BCUT2D eigenvalue weighted by Crippen LogP contribution is 2.60. The molecule has 2 rings (SSSR count). The Morgan fingerprint density at radius 2 is 2.10 bits per heavy atom. The van der Waals surface area contributed by atoms with Crippen molar-refractivity contribution in [2.75, 3.05) is 0 Å². The molecule has 0 heterocycles. The Balaban J connectivity index is 2.01. The number of carbonyl (C=O) groups is 1. The molecule has 0 aromatic heterocycles. The molecule has 0 N–H and O–H groups in total. The van der Waals surface area contributed by atoms with Crippen LogP contribution in [-0.2, 0) is 9.53 Å². The molecule has 2 nitrogen and oxygen atoms in total. The molecule has 1 saturated carbocycles. The molecule has 0 spiro atoms. The molecule has 0 aromatic rings. The summed E-state index contributed by atoms with van der Waals surface area (Å²) in [5.74, 6) is 0.323. The van der Waals surface area contributed by atoms with Gasteiger partial charge in [-0.25, -0.2) is 0 Å². The number of allylic oxidation sites excluding steroid dienone is 4. The summed E-state index contributed by atoms with van der Waals surface area (Å²) in [4.78, 5) is 12.5. The molecule has 1 fully saturated rings. The van der Waals surface area contributed by atoms with Crippen molar-refractivity contribution in [2.24, 2.45) is 17.3 Å². The van der Waals surface area contributed by atoms with E-state index in [2.05, 4.69) is 47.3 Å². The average molecular weight is 288 g/mol. The highest BCUT2D eigenvalue weighted by molar-refractivity contribution is 5.78. The molecular weight excluding hydrogens is 260 g/mol. The Morgan fingerprint density at radius 1 is 1.43 bits per heavy atom. The standard InChI is InChI=1S/C19H28O2/c1-7-8-14-9-10-16(13(14)4)21-18(20)17-15(11-12(2)3)19(17,5)6/h7,11,15-17H,1,8-10H2,2-6H3/t15-,16?,17+/m1/s1. The van der Waals surface area contributed by atoms with Gasteiger partial charge in [-0.05, 0) is 56.9 Å². The van der Waals surface area contributed by atoms with Crippen LogP contribution in [0.1, 0.15) is 53.9 Å². The van der Waals surface area contributed by atoms with Crippen LogP contribution < -0.4 is 0 Å². The fraction of sp³-hybridized carbons (Fsp3) is 0.632. The molecule has 2 heteroatoms. The summed E-state index contributed by atoms with van der Waals surface area (Å²) < 4.78 is 5.81. The summed E-state index contributed by atoms with van der Waals surface area (Å²) in [7, 11) is 0. The van der Waals surface area contributed by atoms with Gasteiger partial charge in [-0.1, -0.05) is 37.1 Å². The van der Waals surface area contributed by atoms with Crippen LogP contribution in [0, 0.1) is 17.3 Å². The maximum Gasteiger partial charge on any atom is 0.310 e. The molecule has 1 unspecified atom stereocenters. The van der Waals surface area contributed by atoms with Crippen molar-refractivity contribution in [3.63, 3.8) is 0 Å². The van der Waals surface area contributed by atoms with Gasteiger partial charge in [0.1, 0.15) is 6.10 Å². The molecule has 0 bridgehead atoms. The predicted molar refractivity (Wildman–Crippen MR) is 86.8 cm³/mol. The number of rotatable bonds is 5. The van der Waals surface area contributed by atoms with Crippen molar-refractivity contribution in [2.45, 2.75) is 60.0 Å². The van der Waals surface area contributed by atoms with Crippen molar-refractivity contribution >= 4 is 5.97 Å². The van der Waals surface area contributed by atoms with Crippen LogP contribution in [0.4, 0.5) is 0 Å². The molecule has 0 saturated heterocycles. The lowest BCUT2D eigenvalue weighted by Gasteiger charge is -2.14. The van der Waals surface area contributed by atoms with E-state index in [0.717, 1.165) is 19.3 Å². The van der Waals surface area contributed by atoms with Gasteiger partial charge in [0.05, 0.1) is 5.92 Å². The molecule has 2 aliphatic rings. The SMILES string of the molecule is C=CCC1=C(C)C(OC(=O)[C@@H]2[C@@H](C=C(C)C)C2(C)C)CC1. The minimum absolute atomic E-state index is 0.0173. The van der Waals surface area contributed by atoms with E-state index < -0.39 is 0 Å². The van der Waals surface area contributed by atoms with E-state index in [1.54, 1.807) is 0 Å². The lowest BCUT2D eigenvalue weighted by Crippen LogP contribution is -2.20. The van der Waals surface area contributed by atoms with Crippen LogP contribution in [0.3, 0.4) is 0 Å². The topological polar surface area (TPSA) is 26.3 Å². The maximum atomic E-state index is 12.5. The molecule has 21 heavy (non-hydrogen) atoms. The molecule has 0 aromatic carbocycles. The number of carbonyl (C=O) groups excluding carboxylic acids is 1. The van der Waals surface area contributed by atoms with Gasteiger partial charge in [-0.2, -0.15) is 0 Å². The highest BCUT2D eigenvalue weighted by Gasteiger charge is 2.61. The fourth-order valence-corrected chi connectivity index (χ4v) is 3.54.